The molecule has 1 aliphatic rings. The minimum Gasteiger partial charge on any atom is -0.369 e. The van der Waals surface area contributed by atoms with E-state index in [2.05, 4.69) is 15.5 Å². The van der Waals surface area contributed by atoms with Crippen LogP contribution in [-0.2, 0) is 20.9 Å². The lowest BCUT2D eigenvalue weighted by atomic mass is 10.2. The minimum absolute atomic E-state index is 0.00701. The van der Waals surface area contributed by atoms with Gasteiger partial charge >= 0.3 is 0 Å². The van der Waals surface area contributed by atoms with E-state index in [4.69, 9.17) is 4.74 Å². The van der Waals surface area contributed by atoms with Crippen LogP contribution in [0.15, 0.2) is 17.5 Å². The molecule has 2 amide bonds. The predicted molar refractivity (Wildman–Crippen MR) is 82.8 cm³/mol. The molecule has 0 aliphatic carbocycles. The molecule has 116 valence electrons. The molecule has 0 aromatic carbocycles. The minimum atomic E-state index is -0.660. The average molecular weight is 338 g/mol. The highest BCUT2D eigenvalue weighted by Gasteiger charge is 2.34. The van der Waals surface area contributed by atoms with Crippen LogP contribution in [0, 0.1) is 6.92 Å². The summed E-state index contributed by atoms with van der Waals surface area (Å²) in [5.41, 5.74) is 0. The number of ether oxygens (including phenoxy) is 1. The Balaban J connectivity index is 1.73. The molecule has 2 aromatic heterocycles. The molecule has 0 spiro atoms. The highest BCUT2D eigenvalue weighted by molar-refractivity contribution is 7.15. The van der Waals surface area contributed by atoms with Crippen molar-refractivity contribution >= 4 is 39.6 Å². The summed E-state index contributed by atoms with van der Waals surface area (Å²) in [5.74, 6) is -0.492. The molecule has 1 saturated heterocycles. The molecule has 1 fully saturated rings. The van der Waals surface area contributed by atoms with Gasteiger partial charge in [0.05, 0.1) is 13.2 Å². The van der Waals surface area contributed by atoms with Gasteiger partial charge in [0.15, 0.2) is 0 Å². The van der Waals surface area contributed by atoms with Gasteiger partial charge in [-0.25, -0.2) is 0 Å². The molecule has 9 heteroatoms. The van der Waals surface area contributed by atoms with Crippen molar-refractivity contribution in [2.45, 2.75) is 19.5 Å². The van der Waals surface area contributed by atoms with E-state index in [1.54, 1.807) is 16.2 Å². The average Bonchev–Trinajstić information content (AvgIpc) is 3.13. The van der Waals surface area contributed by atoms with Crippen molar-refractivity contribution in [3.63, 3.8) is 0 Å². The van der Waals surface area contributed by atoms with Crippen LogP contribution in [0.5, 0.6) is 0 Å². The Morgan fingerprint density at radius 2 is 2.41 bits per heavy atom. The van der Waals surface area contributed by atoms with E-state index in [0.29, 0.717) is 11.7 Å². The summed E-state index contributed by atoms with van der Waals surface area (Å²) in [4.78, 5) is 27.1. The summed E-state index contributed by atoms with van der Waals surface area (Å²) >= 11 is 2.84. The van der Waals surface area contributed by atoms with Crippen LogP contribution in [0.3, 0.4) is 0 Å². The Labute approximate surface area is 134 Å². The van der Waals surface area contributed by atoms with Crippen molar-refractivity contribution in [3.05, 3.63) is 27.4 Å². The Bertz CT molecular complexity index is 671. The SMILES string of the molecule is Cc1nnc(NC(=O)[C@H]2COCC(=O)N2Cc2cccs2)s1. The Morgan fingerprint density at radius 1 is 1.55 bits per heavy atom. The van der Waals surface area contributed by atoms with E-state index in [0.717, 1.165) is 9.88 Å². The summed E-state index contributed by atoms with van der Waals surface area (Å²) < 4.78 is 5.23. The van der Waals surface area contributed by atoms with Gasteiger partial charge in [-0.15, -0.1) is 21.5 Å². The van der Waals surface area contributed by atoms with Crippen LogP contribution >= 0.6 is 22.7 Å². The second kappa shape index (κ2) is 6.51. The van der Waals surface area contributed by atoms with Crippen LogP contribution in [0.4, 0.5) is 5.13 Å². The topological polar surface area (TPSA) is 84.4 Å². The molecule has 2 aromatic rings. The zero-order valence-electron chi connectivity index (χ0n) is 11.8. The van der Waals surface area contributed by atoms with Gasteiger partial charge in [-0.05, 0) is 18.4 Å². The van der Waals surface area contributed by atoms with E-state index in [-0.39, 0.29) is 25.0 Å². The zero-order valence-corrected chi connectivity index (χ0v) is 13.4. The van der Waals surface area contributed by atoms with Gasteiger partial charge in [0.2, 0.25) is 11.0 Å². The van der Waals surface area contributed by atoms with Gasteiger partial charge in [-0.1, -0.05) is 17.4 Å². The predicted octanol–water partition coefficient (Wildman–Crippen LogP) is 1.27. The molecule has 7 nitrogen and oxygen atoms in total. The molecule has 0 radical (unpaired) electrons. The number of nitrogens with one attached hydrogen (secondary N) is 1. The Hall–Kier alpha value is -1.84. The molecule has 1 atom stereocenters. The maximum atomic E-state index is 12.4. The second-order valence-electron chi connectivity index (χ2n) is 4.75. The molecular weight excluding hydrogens is 324 g/mol. The fourth-order valence-corrected chi connectivity index (χ4v) is 3.42. The van der Waals surface area contributed by atoms with Crippen molar-refractivity contribution < 1.29 is 14.3 Å². The third-order valence-electron chi connectivity index (χ3n) is 3.16. The number of hydrogen-bond donors (Lipinski definition) is 1. The molecule has 1 N–H and O–H groups in total. The van der Waals surface area contributed by atoms with Gasteiger partial charge in [0.25, 0.3) is 5.91 Å². The number of carbonyl (C=O) groups is 2. The van der Waals surface area contributed by atoms with Crippen molar-refractivity contribution in [1.82, 2.24) is 15.1 Å². The first-order chi connectivity index (χ1) is 10.6. The largest absolute Gasteiger partial charge is 0.369 e. The third kappa shape index (κ3) is 3.32. The summed E-state index contributed by atoms with van der Waals surface area (Å²) in [7, 11) is 0. The number of morpholine rings is 1. The summed E-state index contributed by atoms with van der Waals surface area (Å²) in [5, 5.41) is 13.6. The van der Waals surface area contributed by atoms with Gasteiger partial charge in [0, 0.05) is 4.88 Å². The van der Waals surface area contributed by atoms with Crippen molar-refractivity contribution in [3.8, 4) is 0 Å². The van der Waals surface area contributed by atoms with Crippen LogP contribution in [0.2, 0.25) is 0 Å². The fraction of sp³-hybridized carbons (Fsp3) is 0.385. The number of thiophene rings is 1. The Morgan fingerprint density at radius 3 is 3.09 bits per heavy atom. The number of rotatable bonds is 4. The number of hydrogen-bond acceptors (Lipinski definition) is 7. The van der Waals surface area contributed by atoms with E-state index in [1.807, 2.05) is 24.4 Å². The number of aryl methyl sites for hydroxylation is 1. The maximum absolute atomic E-state index is 12.4. The van der Waals surface area contributed by atoms with Crippen LogP contribution in [0.25, 0.3) is 0 Å². The molecule has 0 unspecified atom stereocenters. The summed E-state index contributed by atoms with van der Waals surface area (Å²) in [6.07, 6.45) is 0. The molecule has 22 heavy (non-hydrogen) atoms. The molecule has 3 rings (SSSR count). The number of anilines is 1. The van der Waals surface area contributed by atoms with E-state index < -0.39 is 6.04 Å². The molecule has 0 bridgehead atoms. The highest BCUT2D eigenvalue weighted by atomic mass is 32.1. The first kappa shape index (κ1) is 15.1. The van der Waals surface area contributed by atoms with Crippen LogP contribution < -0.4 is 5.32 Å². The Kier molecular flexibility index (Phi) is 4.46. The first-order valence-corrected chi connectivity index (χ1v) is 8.33. The zero-order chi connectivity index (χ0) is 15.5. The number of amides is 2. The first-order valence-electron chi connectivity index (χ1n) is 6.64. The molecule has 3 heterocycles. The summed E-state index contributed by atoms with van der Waals surface area (Å²) in [6, 6.07) is 3.20. The highest BCUT2D eigenvalue weighted by Crippen LogP contribution is 2.19. The van der Waals surface area contributed by atoms with Gasteiger partial charge in [-0.2, -0.15) is 0 Å². The number of aromatic nitrogens is 2. The third-order valence-corrected chi connectivity index (χ3v) is 4.78. The van der Waals surface area contributed by atoms with Crippen LogP contribution in [-0.4, -0.2) is 46.2 Å². The summed E-state index contributed by atoms with van der Waals surface area (Å²) in [6.45, 7) is 2.41. The maximum Gasteiger partial charge on any atom is 0.251 e. The normalized spacial score (nSPS) is 18.5. The molecular formula is C13H14N4O3S2. The lowest BCUT2D eigenvalue weighted by Crippen LogP contribution is -2.54. The molecule has 0 saturated carbocycles. The van der Waals surface area contributed by atoms with E-state index >= 15 is 0 Å². The van der Waals surface area contributed by atoms with Gasteiger partial charge in [-0.3, -0.25) is 14.9 Å². The fourth-order valence-electron chi connectivity index (χ4n) is 2.13. The van der Waals surface area contributed by atoms with Crippen molar-refractivity contribution in [2.24, 2.45) is 0 Å². The molecule has 1 aliphatic heterocycles. The van der Waals surface area contributed by atoms with Crippen LogP contribution in [0.1, 0.15) is 9.88 Å². The second-order valence-corrected chi connectivity index (χ2v) is 6.96. The lowest BCUT2D eigenvalue weighted by molar-refractivity contribution is -0.153. The lowest BCUT2D eigenvalue weighted by Gasteiger charge is -2.33. The van der Waals surface area contributed by atoms with Gasteiger partial charge in [0.1, 0.15) is 17.7 Å². The number of carbonyl (C=O) groups excluding carboxylic acids is 2. The smallest absolute Gasteiger partial charge is 0.251 e. The van der Waals surface area contributed by atoms with Crippen molar-refractivity contribution in [1.29, 1.82) is 0 Å². The van der Waals surface area contributed by atoms with E-state index in [1.165, 1.54) is 11.3 Å². The quantitative estimate of drug-likeness (QED) is 0.908. The monoisotopic (exact) mass is 338 g/mol. The van der Waals surface area contributed by atoms with E-state index in [9.17, 15) is 9.59 Å². The standard InChI is InChI=1S/C13H14N4O3S2/c1-8-15-16-13(22-8)14-12(19)10-6-20-7-11(18)17(10)5-9-3-2-4-21-9/h2-4,10H,5-7H2,1H3,(H,14,16,19)/t10-/m1/s1. The van der Waals surface area contributed by atoms with Crippen molar-refractivity contribution in [2.75, 3.05) is 18.5 Å². The number of nitrogens with zero attached hydrogens (tertiary/aromatic N) is 3. The van der Waals surface area contributed by atoms with Gasteiger partial charge < -0.3 is 9.64 Å².